The third kappa shape index (κ3) is 5.37. The van der Waals surface area contributed by atoms with Crippen molar-refractivity contribution in [1.29, 1.82) is 0 Å². The number of nitrogens with zero attached hydrogens (tertiary/aromatic N) is 2. The molecule has 0 amide bonds. The fraction of sp³-hybridized carbons (Fsp3) is 0.917. The third-order valence-electron chi connectivity index (χ3n) is 3.34. The standard InChI is InChI=1S/C12H26N4O/c1-13-12(14-2)15-10-11-4-6-16(7-5-11)8-9-17-3/h11H,4-10H2,1-3H3,(H2,13,14,15). The molecule has 0 radical (unpaired) electrons. The zero-order chi connectivity index (χ0) is 12.5. The molecule has 2 N–H and O–H groups in total. The number of piperidine rings is 1. The highest BCUT2D eigenvalue weighted by Gasteiger charge is 2.18. The Morgan fingerprint density at radius 1 is 1.41 bits per heavy atom. The van der Waals surface area contributed by atoms with Gasteiger partial charge in [-0.15, -0.1) is 0 Å². The van der Waals surface area contributed by atoms with Gasteiger partial charge in [-0.1, -0.05) is 0 Å². The van der Waals surface area contributed by atoms with Gasteiger partial charge >= 0.3 is 0 Å². The summed E-state index contributed by atoms with van der Waals surface area (Å²) in [6.07, 6.45) is 2.52. The Bertz CT molecular complexity index is 225. The first-order chi connectivity index (χ1) is 8.30. The molecule has 1 heterocycles. The third-order valence-corrected chi connectivity index (χ3v) is 3.34. The van der Waals surface area contributed by atoms with Crippen LogP contribution < -0.4 is 10.6 Å². The monoisotopic (exact) mass is 242 g/mol. The normalized spacial score (nSPS) is 19.4. The van der Waals surface area contributed by atoms with Crippen molar-refractivity contribution >= 4 is 5.96 Å². The molecule has 0 spiro atoms. The fourth-order valence-electron chi connectivity index (χ4n) is 2.15. The molecule has 0 saturated carbocycles. The van der Waals surface area contributed by atoms with E-state index in [-0.39, 0.29) is 0 Å². The first kappa shape index (κ1) is 14.3. The van der Waals surface area contributed by atoms with E-state index in [9.17, 15) is 0 Å². The van der Waals surface area contributed by atoms with Gasteiger partial charge in [0, 0.05) is 34.3 Å². The summed E-state index contributed by atoms with van der Waals surface area (Å²) in [5.41, 5.74) is 0. The molecule has 0 bridgehead atoms. The molecule has 0 aromatic heterocycles. The van der Waals surface area contributed by atoms with E-state index >= 15 is 0 Å². The van der Waals surface area contributed by atoms with E-state index in [0.717, 1.165) is 31.6 Å². The maximum Gasteiger partial charge on any atom is 0.190 e. The molecule has 1 saturated heterocycles. The van der Waals surface area contributed by atoms with Crippen LogP contribution in [0.15, 0.2) is 4.99 Å². The highest BCUT2D eigenvalue weighted by Crippen LogP contribution is 2.15. The predicted octanol–water partition coefficient (Wildman–Crippen LogP) is 0.140. The van der Waals surface area contributed by atoms with Crippen LogP contribution in [0.2, 0.25) is 0 Å². The van der Waals surface area contributed by atoms with Gasteiger partial charge in [-0.25, -0.2) is 0 Å². The molecule has 0 aromatic carbocycles. The second-order valence-corrected chi connectivity index (χ2v) is 4.48. The summed E-state index contributed by atoms with van der Waals surface area (Å²) in [7, 11) is 5.45. The van der Waals surface area contributed by atoms with Gasteiger partial charge in [0.1, 0.15) is 0 Å². The van der Waals surface area contributed by atoms with Crippen molar-refractivity contribution in [2.24, 2.45) is 10.9 Å². The topological polar surface area (TPSA) is 48.9 Å². The van der Waals surface area contributed by atoms with Crippen molar-refractivity contribution < 1.29 is 4.74 Å². The van der Waals surface area contributed by atoms with Gasteiger partial charge in [0.05, 0.1) is 6.61 Å². The summed E-state index contributed by atoms with van der Waals surface area (Å²) in [6, 6.07) is 0. The van der Waals surface area contributed by atoms with Crippen LogP contribution in [0.3, 0.4) is 0 Å². The molecule has 0 unspecified atom stereocenters. The Morgan fingerprint density at radius 2 is 2.12 bits per heavy atom. The zero-order valence-corrected chi connectivity index (χ0v) is 11.3. The maximum absolute atomic E-state index is 5.10. The van der Waals surface area contributed by atoms with Crippen LogP contribution in [0.1, 0.15) is 12.8 Å². The number of nitrogens with one attached hydrogen (secondary N) is 2. The lowest BCUT2D eigenvalue weighted by atomic mass is 9.97. The van der Waals surface area contributed by atoms with E-state index in [4.69, 9.17) is 4.74 Å². The van der Waals surface area contributed by atoms with Gasteiger partial charge in [-0.3, -0.25) is 4.99 Å². The number of rotatable bonds is 5. The largest absolute Gasteiger partial charge is 0.383 e. The number of hydrogen-bond donors (Lipinski definition) is 2. The fourth-order valence-corrected chi connectivity index (χ4v) is 2.15. The number of ether oxygens (including phenoxy) is 1. The molecule has 0 aliphatic carbocycles. The number of aliphatic imine (C=N–C) groups is 1. The van der Waals surface area contributed by atoms with Crippen LogP contribution >= 0.6 is 0 Å². The number of guanidine groups is 1. The van der Waals surface area contributed by atoms with Crippen LogP contribution in [0.4, 0.5) is 0 Å². The Balaban J connectivity index is 2.14. The van der Waals surface area contributed by atoms with E-state index in [2.05, 4.69) is 20.5 Å². The summed E-state index contributed by atoms with van der Waals surface area (Å²) in [4.78, 5) is 6.59. The number of likely N-dealkylation sites (tertiary alicyclic amines) is 1. The minimum absolute atomic E-state index is 0.763. The van der Waals surface area contributed by atoms with Gasteiger partial charge in [-0.05, 0) is 31.8 Å². The highest BCUT2D eigenvalue weighted by molar-refractivity contribution is 5.79. The maximum atomic E-state index is 5.10. The van der Waals surface area contributed by atoms with Crippen LogP contribution in [0.5, 0.6) is 0 Å². The predicted molar refractivity (Wildman–Crippen MR) is 71.5 cm³/mol. The summed E-state index contributed by atoms with van der Waals surface area (Å²) in [5.74, 6) is 1.64. The highest BCUT2D eigenvalue weighted by atomic mass is 16.5. The van der Waals surface area contributed by atoms with Gasteiger partial charge in [0.2, 0.25) is 0 Å². The van der Waals surface area contributed by atoms with Crippen molar-refractivity contribution in [3.8, 4) is 0 Å². The lowest BCUT2D eigenvalue weighted by molar-refractivity contribution is 0.121. The molecule has 100 valence electrons. The van der Waals surface area contributed by atoms with Gasteiger partial charge in [-0.2, -0.15) is 0 Å². The second kappa shape index (κ2) is 8.31. The van der Waals surface area contributed by atoms with E-state index in [1.54, 1.807) is 14.2 Å². The molecule has 1 fully saturated rings. The van der Waals surface area contributed by atoms with E-state index in [1.165, 1.54) is 25.9 Å². The minimum Gasteiger partial charge on any atom is -0.383 e. The van der Waals surface area contributed by atoms with E-state index in [1.807, 2.05) is 7.05 Å². The van der Waals surface area contributed by atoms with Crippen LogP contribution in [0.25, 0.3) is 0 Å². The molecule has 17 heavy (non-hydrogen) atoms. The molecule has 5 nitrogen and oxygen atoms in total. The van der Waals surface area contributed by atoms with E-state index in [0.29, 0.717) is 0 Å². The van der Waals surface area contributed by atoms with Crippen LogP contribution in [0, 0.1) is 5.92 Å². The molecule has 1 aliphatic heterocycles. The van der Waals surface area contributed by atoms with Gasteiger partial charge in [0.15, 0.2) is 5.96 Å². The minimum atomic E-state index is 0.763. The van der Waals surface area contributed by atoms with Crippen molar-refractivity contribution in [1.82, 2.24) is 15.5 Å². The number of methoxy groups -OCH3 is 1. The summed E-state index contributed by atoms with van der Waals surface area (Å²) < 4.78 is 5.10. The van der Waals surface area contributed by atoms with Crippen molar-refractivity contribution in [2.45, 2.75) is 12.8 Å². The Kier molecular flexibility index (Phi) is 6.96. The molecule has 5 heteroatoms. The Labute approximate surface area is 105 Å². The summed E-state index contributed by atoms with van der Waals surface area (Å²) in [6.45, 7) is 5.30. The molecular formula is C12H26N4O. The average molecular weight is 242 g/mol. The van der Waals surface area contributed by atoms with E-state index < -0.39 is 0 Å². The Hall–Kier alpha value is -0.810. The second-order valence-electron chi connectivity index (χ2n) is 4.48. The lowest BCUT2D eigenvalue weighted by Crippen LogP contribution is -2.42. The Morgan fingerprint density at radius 3 is 2.65 bits per heavy atom. The first-order valence-corrected chi connectivity index (χ1v) is 6.39. The first-order valence-electron chi connectivity index (χ1n) is 6.39. The van der Waals surface area contributed by atoms with Crippen molar-refractivity contribution in [3.05, 3.63) is 0 Å². The van der Waals surface area contributed by atoms with Crippen LogP contribution in [-0.4, -0.2) is 64.9 Å². The smallest absolute Gasteiger partial charge is 0.190 e. The molecule has 0 aromatic rings. The SMILES string of the molecule is CN=C(NC)NCC1CCN(CCOC)CC1. The molecule has 1 aliphatic rings. The number of hydrogen-bond acceptors (Lipinski definition) is 3. The van der Waals surface area contributed by atoms with Crippen molar-refractivity contribution in [2.75, 3.05) is 54.0 Å². The lowest BCUT2D eigenvalue weighted by Gasteiger charge is -2.31. The molecular weight excluding hydrogens is 216 g/mol. The average Bonchev–Trinajstić information content (AvgIpc) is 2.39. The summed E-state index contributed by atoms with van der Waals surface area (Å²) in [5, 5.41) is 6.38. The van der Waals surface area contributed by atoms with Gasteiger partial charge in [0.25, 0.3) is 0 Å². The molecule has 0 atom stereocenters. The summed E-state index contributed by atoms with van der Waals surface area (Å²) >= 11 is 0. The van der Waals surface area contributed by atoms with Crippen LogP contribution in [-0.2, 0) is 4.74 Å². The van der Waals surface area contributed by atoms with Gasteiger partial charge < -0.3 is 20.3 Å². The molecule has 1 rings (SSSR count). The quantitative estimate of drug-likeness (QED) is 0.532. The zero-order valence-electron chi connectivity index (χ0n) is 11.3. The van der Waals surface area contributed by atoms with Crippen molar-refractivity contribution in [3.63, 3.8) is 0 Å².